The lowest BCUT2D eigenvalue weighted by atomic mass is 10.1. The van der Waals surface area contributed by atoms with Crippen LogP contribution < -0.4 is 10.1 Å². The van der Waals surface area contributed by atoms with Gasteiger partial charge in [-0.1, -0.05) is 12.1 Å². The van der Waals surface area contributed by atoms with E-state index < -0.39 is 11.4 Å². The predicted octanol–water partition coefficient (Wildman–Crippen LogP) is 2.72. The Balaban J connectivity index is 1.72. The van der Waals surface area contributed by atoms with Gasteiger partial charge in [-0.2, -0.15) is 0 Å². The molecule has 1 heterocycles. The van der Waals surface area contributed by atoms with E-state index in [0.29, 0.717) is 25.9 Å². The van der Waals surface area contributed by atoms with Crippen molar-refractivity contribution in [1.29, 1.82) is 0 Å². The van der Waals surface area contributed by atoms with Gasteiger partial charge >= 0.3 is 6.09 Å². The van der Waals surface area contributed by atoms with Crippen LogP contribution in [0.5, 0.6) is 5.75 Å². The zero-order chi connectivity index (χ0) is 18.4. The average molecular weight is 352 g/mol. The number of likely N-dealkylation sites (tertiary alicyclic amines) is 1. The van der Waals surface area contributed by atoms with Crippen molar-refractivity contribution in [3.63, 3.8) is 0 Å². The number of rotatable bonds is 4. The first-order valence-corrected chi connectivity index (χ1v) is 8.39. The SMILES string of the molecule is CC(C)(C)OC(=O)N1CCC(NC(=O)COc2ccccc2F)CC1. The minimum Gasteiger partial charge on any atom is -0.481 e. The highest BCUT2D eigenvalue weighted by Crippen LogP contribution is 2.16. The molecule has 0 aromatic heterocycles. The molecule has 0 saturated carbocycles. The molecular weight excluding hydrogens is 327 g/mol. The Kier molecular flexibility index (Phi) is 6.22. The Bertz CT molecular complexity index is 607. The summed E-state index contributed by atoms with van der Waals surface area (Å²) in [5, 5.41) is 2.85. The Labute approximate surface area is 147 Å². The summed E-state index contributed by atoms with van der Waals surface area (Å²) < 4.78 is 23.9. The number of para-hydroxylation sites is 1. The molecule has 6 nitrogen and oxygen atoms in total. The minimum absolute atomic E-state index is 0.0320. The molecule has 25 heavy (non-hydrogen) atoms. The second kappa shape index (κ2) is 8.18. The third-order valence-corrected chi connectivity index (χ3v) is 3.71. The molecule has 1 aromatic carbocycles. The molecule has 138 valence electrons. The van der Waals surface area contributed by atoms with Gasteiger partial charge in [0.05, 0.1) is 0 Å². The number of piperidine rings is 1. The van der Waals surface area contributed by atoms with Gasteiger partial charge in [0.2, 0.25) is 0 Å². The average Bonchev–Trinajstić information content (AvgIpc) is 2.53. The van der Waals surface area contributed by atoms with Gasteiger partial charge in [0, 0.05) is 19.1 Å². The number of benzene rings is 1. The number of ether oxygens (including phenoxy) is 2. The first kappa shape index (κ1) is 19.0. The van der Waals surface area contributed by atoms with Crippen LogP contribution >= 0.6 is 0 Å². The van der Waals surface area contributed by atoms with Gasteiger partial charge in [0.25, 0.3) is 5.91 Å². The van der Waals surface area contributed by atoms with E-state index in [1.54, 1.807) is 17.0 Å². The summed E-state index contributed by atoms with van der Waals surface area (Å²) in [5.41, 5.74) is -0.522. The lowest BCUT2D eigenvalue weighted by Crippen LogP contribution is -2.48. The van der Waals surface area contributed by atoms with Gasteiger partial charge in [-0.05, 0) is 45.7 Å². The maximum atomic E-state index is 13.4. The van der Waals surface area contributed by atoms with Gasteiger partial charge in [0.15, 0.2) is 18.2 Å². The lowest BCUT2D eigenvalue weighted by Gasteiger charge is -2.33. The minimum atomic E-state index is -0.522. The van der Waals surface area contributed by atoms with Crippen LogP contribution in [0.3, 0.4) is 0 Å². The topological polar surface area (TPSA) is 67.9 Å². The Morgan fingerprint density at radius 1 is 1.24 bits per heavy atom. The standard InChI is InChI=1S/C18H25FN2O4/c1-18(2,3)25-17(23)21-10-8-13(9-11-21)20-16(22)12-24-15-7-5-4-6-14(15)19/h4-7,13H,8-12H2,1-3H3,(H,20,22). The summed E-state index contributed by atoms with van der Waals surface area (Å²) in [6.07, 6.45) is 0.954. The molecule has 1 aliphatic heterocycles. The maximum absolute atomic E-state index is 13.4. The Morgan fingerprint density at radius 3 is 2.48 bits per heavy atom. The van der Waals surface area contributed by atoms with E-state index in [9.17, 15) is 14.0 Å². The fraction of sp³-hybridized carbons (Fsp3) is 0.556. The molecule has 0 atom stereocenters. The fourth-order valence-corrected chi connectivity index (χ4v) is 2.51. The first-order chi connectivity index (χ1) is 11.7. The normalized spacial score (nSPS) is 15.6. The zero-order valence-electron chi connectivity index (χ0n) is 14.9. The molecule has 0 radical (unpaired) electrons. The summed E-state index contributed by atoms with van der Waals surface area (Å²) in [6, 6.07) is 5.92. The van der Waals surface area contributed by atoms with E-state index in [4.69, 9.17) is 9.47 Å². The number of halogens is 1. The highest BCUT2D eigenvalue weighted by molar-refractivity contribution is 5.78. The summed E-state index contributed by atoms with van der Waals surface area (Å²) in [6.45, 7) is 6.28. The van der Waals surface area contributed by atoms with Crippen molar-refractivity contribution in [2.24, 2.45) is 0 Å². The van der Waals surface area contributed by atoms with Crippen molar-refractivity contribution >= 4 is 12.0 Å². The molecule has 0 spiro atoms. The van der Waals surface area contributed by atoms with E-state index in [1.165, 1.54) is 12.1 Å². The van der Waals surface area contributed by atoms with Gasteiger partial charge in [-0.25, -0.2) is 9.18 Å². The maximum Gasteiger partial charge on any atom is 0.410 e. The summed E-state index contributed by atoms with van der Waals surface area (Å²) in [5.74, 6) is -0.752. The molecule has 1 aromatic rings. The summed E-state index contributed by atoms with van der Waals surface area (Å²) in [7, 11) is 0. The Morgan fingerprint density at radius 2 is 1.88 bits per heavy atom. The van der Waals surface area contributed by atoms with Crippen LogP contribution in [-0.4, -0.2) is 48.2 Å². The van der Waals surface area contributed by atoms with Gasteiger partial charge in [-0.15, -0.1) is 0 Å². The monoisotopic (exact) mass is 352 g/mol. The number of amides is 2. The van der Waals surface area contributed by atoms with Crippen LogP contribution in [0.1, 0.15) is 33.6 Å². The van der Waals surface area contributed by atoms with Gasteiger partial charge < -0.3 is 19.7 Å². The molecule has 1 aliphatic rings. The molecule has 0 bridgehead atoms. The third kappa shape index (κ3) is 6.25. The second-order valence-corrected chi connectivity index (χ2v) is 7.03. The van der Waals surface area contributed by atoms with E-state index in [2.05, 4.69) is 5.32 Å². The van der Waals surface area contributed by atoms with Crippen LogP contribution in [0.15, 0.2) is 24.3 Å². The number of hydrogen-bond acceptors (Lipinski definition) is 4. The third-order valence-electron chi connectivity index (χ3n) is 3.71. The van der Waals surface area contributed by atoms with E-state index in [0.717, 1.165) is 0 Å². The van der Waals surface area contributed by atoms with E-state index >= 15 is 0 Å². The number of nitrogens with zero attached hydrogens (tertiary/aromatic N) is 1. The zero-order valence-corrected chi connectivity index (χ0v) is 14.9. The van der Waals surface area contributed by atoms with Gasteiger partial charge in [0.1, 0.15) is 5.60 Å². The molecule has 0 unspecified atom stereocenters. The van der Waals surface area contributed by atoms with Crippen molar-refractivity contribution in [3.8, 4) is 5.75 Å². The number of hydrogen-bond donors (Lipinski definition) is 1. The number of carbonyl (C=O) groups excluding carboxylic acids is 2. The highest BCUT2D eigenvalue weighted by Gasteiger charge is 2.27. The highest BCUT2D eigenvalue weighted by atomic mass is 19.1. The lowest BCUT2D eigenvalue weighted by molar-refractivity contribution is -0.124. The molecule has 7 heteroatoms. The molecule has 1 saturated heterocycles. The molecule has 2 rings (SSSR count). The van der Waals surface area contributed by atoms with Crippen molar-refractivity contribution in [2.45, 2.75) is 45.3 Å². The van der Waals surface area contributed by atoms with Crippen LogP contribution in [0.25, 0.3) is 0 Å². The smallest absolute Gasteiger partial charge is 0.410 e. The van der Waals surface area contributed by atoms with E-state index in [-0.39, 0.29) is 30.4 Å². The predicted molar refractivity (Wildman–Crippen MR) is 90.9 cm³/mol. The van der Waals surface area contributed by atoms with Crippen LogP contribution in [0.4, 0.5) is 9.18 Å². The van der Waals surface area contributed by atoms with Crippen molar-refractivity contribution in [3.05, 3.63) is 30.1 Å². The first-order valence-electron chi connectivity index (χ1n) is 8.39. The van der Waals surface area contributed by atoms with Crippen molar-refractivity contribution < 1.29 is 23.5 Å². The van der Waals surface area contributed by atoms with Gasteiger partial charge in [-0.3, -0.25) is 4.79 Å². The summed E-state index contributed by atoms with van der Waals surface area (Å²) >= 11 is 0. The number of carbonyl (C=O) groups is 2. The van der Waals surface area contributed by atoms with Crippen LogP contribution in [0.2, 0.25) is 0 Å². The van der Waals surface area contributed by atoms with Crippen LogP contribution in [0, 0.1) is 5.82 Å². The molecule has 1 N–H and O–H groups in total. The fourth-order valence-electron chi connectivity index (χ4n) is 2.51. The number of nitrogens with one attached hydrogen (secondary N) is 1. The molecule has 0 aliphatic carbocycles. The summed E-state index contributed by atoms with van der Waals surface area (Å²) in [4.78, 5) is 25.6. The molecule has 1 fully saturated rings. The molecular formula is C18H25FN2O4. The largest absolute Gasteiger partial charge is 0.481 e. The second-order valence-electron chi connectivity index (χ2n) is 7.03. The quantitative estimate of drug-likeness (QED) is 0.905. The molecule has 2 amide bonds. The Hall–Kier alpha value is -2.31. The van der Waals surface area contributed by atoms with Crippen molar-refractivity contribution in [1.82, 2.24) is 10.2 Å². The van der Waals surface area contributed by atoms with Crippen LogP contribution in [-0.2, 0) is 9.53 Å². The van der Waals surface area contributed by atoms with E-state index in [1.807, 2.05) is 20.8 Å². The van der Waals surface area contributed by atoms with Crippen molar-refractivity contribution in [2.75, 3.05) is 19.7 Å².